The highest BCUT2D eigenvalue weighted by Gasteiger charge is 2.02. The maximum absolute atomic E-state index is 10.9. The first-order valence-electron chi connectivity index (χ1n) is 4.31. The van der Waals surface area contributed by atoms with Crippen LogP contribution in [0.25, 0.3) is 0 Å². The molecule has 0 aliphatic rings. The van der Waals surface area contributed by atoms with E-state index in [9.17, 15) is 4.79 Å². The third-order valence-electron chi connectivity index (χ3n) is 1.76. The van der Waals surface area contributed by atoms with Crippen LogP contribution >= 0.6 is 0 Å². The van der Waals surface area contributed by atoms with Gasteiger partial charge >= 0.3 is 0 Å². The summed E-state index contributed by atoms with van der Waals surface area (Å²) in [6.07, 6.45) is 0. The number of aryl methyl sites for hydroxylation is 1. The molecule has 1 amide bonds. The molecule has 0 fully saturated rings. The Labute approximate surface area is 82.7 Å². The number of rotatable bonds is 3. The van der Waals surface area contributed by atoms with Gasteiger partial charge in [-0.3, -0.25) is 4.79 Å². The number of nitrogens with one attached hydrogen (secondary N) is 2. The summed E-state index contributed by atoms with van der Waals surface area (Å²) >= 11 is 0. The average molecular weight is 194 g/mol. The number of aromatic nitrogens is 1. The lowest BCUT2D eigenvalue weighted by molar-refractivity contribution is -0.118. The number of nitrogens with zero attached hydrogens (tertiary/aromatic N) is 1. The standard InChI is InChI=1S/C9H14N4O/c1-6-3-4-7(10)9(13-6)12-5-8(14)11-2/h3-4H,5,10H2,1-2H3,(H,11,14)(H,12,13). The molecule has 0 saturated heterocycles. The van der Waals surface area contributed by atoms with Crippen LogP contribution in [0.2, 0.25) is 0 Å². The molecule has 1 aromatic rings. The number of amides is 1. The molecule has 0 spiro atoms. The van der Waals surface area contributed by atoms with Crippen molar-refractivity contribution in [1.29, 1.82) is 0 Å². The second-order valence-corrected chi connectivity index (χ2v) is 2.92. The summed E-state index contributed by atoms with van der Waals surface area (Å²) in [6.45, 7) is 2.04. The van der Waals surface area contributed by atoms with Crippen molar-refractivity contribution in [2.75, 3.05) is 24.6 Å². The smallest absolute Gasteiger partial charge is 0.239 e. The third kappa shape index (κ3) is 2.62. The first-order chi connectivity index (χ1) is 6.63. The fourth-order valence-corrected chi connectivity index (χ4v) is 0.961. The molecule has 0 bridgehead atoms. The summed E-state index contributed by atoms with van der Waals surface area (Å²) < 4.78 is 0. The molecule has 0 radical (unpaired) electrons. The van der Waals surface area contributed by atoms with Gasteiger partial charge in [-0.15, -0.1) is 0 Å². The lowest BCUT2D eigenvalue weighted by Gasteiger charge is -2.07. The molecule has 0 aliphatic carbocycles. The van der Waals surface area contributed by atoms with Crippen molar-refractivity contribution in [3.05, 3.63) is 17.8 Å². The van der Waals surface area contributed by atoms with Crippen molar-refractivity contribution in [2.45, 2.75) is 6.92 Å². The molecule has 0 aromatic carbocycles. The highest BCUT2D eigenvalue weighted by molar-refractivity contribution is 5.81. The van der Waals surface area contributed by atoms with Gasteiger partial charge in [0.1, 0.15) is 5.82 Å². The average Bonchev–Trinajstić information content (AvgIpc) is 2.19. The number of hydrogen-bond donors (Lipinski definition) is 3. The highest BCUT2D eigenvalue weighted by atomic mass is 16.1. The first-order valence-corrected chi connectivity index (χ1v) is 4.31. The van der Waals surface area contributed by atoms with Gasteiger partial charge in [0.25, 0.3) is 0 Å². The van der Waals surface area contributed by atoms with Gasteiger partial charge in [0, 0.05) is 12.7 Å². The number of anilines is 2. The molecular weight excluding hydrogens is 180 g/mol. The van der Waals surface area contributed by atoms with Gasteiger partial charge in [0.15, 0.2) is 0 Å². The van der Waals surface area contributed by atoms with Gasteiger partial charge in [0.2, 0.25) is 5.91 Å². The zero-order valence-corrected chi connectivity index (χ0v) is 8.29. The van der Waals surface area contributed by atoms with E-state index < -0.39 is 0 Å². The summed E-state index contributed by atoms with van der Waals surface area (Å²) in [5.74, 6) is 0.446. The SMILES string of the molecule is CNC(=O)CNc1nc(C)ccc1N. The van der Waals surface area contributed by atoms with Crippen molar-refractivity contribution in [2.24, 2.45) is 0 Å². The summed E-state index contributed by atoms with van der Waals surface area (Å²) in [5.41, 5.74) is 7.06. The molecular formula is C9H14N4O. The number of carbonyl (C=O) groups excluding carboxylic acids is 1. The molecule has 1 heterocycles. The maximum Gasteiger partial charge on any atom is 0.239 e. The van der Waals surface area contributed by atoms with Gasteiger partial charge in [-0.2, -0.15) is 0 Å². The molecule has 5 nitrogen and oxygen atoms in total. The van der Waals surface area contributed by atoms with E-state index in [0.717, 1.165) is 5.69 Å². The molecule has 4 N–H and O–H groups in total. The minimum absolute atomic E-state index is 0.104. The van der Waals surface area contributed by atoms with E-state index in [4.69, 9.17) is 5.73 Å². The number of nitrogens with two attached hydrogens (primary N) is 1. The predicted octanol–water partition coefficient (Wildman–Crippen LogP) is 0.130. The van der Waals surface area contributed by atoms with Crippen molar-refractivity contribution in [3.63, 3.8) is 0 Å². The van der Waals surface area contributed by atoms with Crippen LogP contribution in [-0.2, 0) is 4.79 Å². The molecule has 0 aliphatic heterocycles. The maximum atomic E-state index is 10.9. The molecule has 1 aromatic heterocycles. The number of nitrogen functional groups attached to an aromatic ring is 1. The predicted molar refractivity (Wildman–Crippen MR) is 55.9 cm³/mol. The molecule has 0 unspecified atom stereocenters. The van der Waals surface area contributed by atoms with E-state index >= 15 is 0 Å². The summed E-state index contributed by atoms with van der Waals surface area (Å²) in [4.78, 5) is 15.1. The van der Waals surface area contributed by atoms with E-state index in [-0.39, 0.29) is 12.5 Å². The number of hydrogen-bond acceptors (Lipinski definition) is 4. The van der Waals surface area contributed by atoms with Gasteiger partial charge < -0.3 is 16.4 Å². The molecule has 0 saturated carbocycles. The van der Waals surface area contributed by atoms with Crippen LogP contribution in [-0.4, -0.2) is 24.5 Å². The fourth-order valence-electron chi connectivity index (χ4n) is 0.961. The van der Waals surface area contributed by atoms with Gasteiger partial charge in [-0.25, -0.2) is 4.98 Å². The van der Waals surface area contributed by atoms with Gasteiger partial charge in [-0.05, 0) is 19.1 Å². The second-order valence-electron chi connectivity index (χ2n) is 2.92. The minimum Gasteiger partial charge on any atom is -0.396 e. The zero-order chi connectivity index (χ0) is 10.6. The Hall–Kier alpha value is -1.78. The van der Waals surface area contributed by atoms with Crippen molar-refractivity contribution in [1.82, 2.24) is 10.3 Å². The van der Waals surface area contributed by atoms with Crippen LogP contribution in [0.15, 0.2) is 12.1 Å². The Kier molecular flexibility index (Phi) is 3.28. The number of pyridine rings is 1. The first kappa shape index (κ1) is 10.3. The molecule has 0 atom stereocenters. The second kappa shape index (κ2) is 4.45. The quantitative estimate of drug-likeness (QED) is 0.639. The number of likely N-dealkylation sites (N-methyl/N-ethyl adjacent to an activating group) is 1. The van der Waals surface area contributed by atoms with Crippen LogP contribution in [0.1, 0.15) is 5.69 Å². The van der Waals surface area contributed by atoms with Crippen LogP contribution in [0.4, 0.5) is 11.5 Å². The van der Waals surface area contributed by atoms with E-state index in [0.29, 0.717) is 11.5 Å². The summed E-state index contributed by atoms with van der Waals surface area (Å²) in [5, 5.41) is 5.36. The van der Waals surface area contributed by atoms with Crippen LogP contribution < -0.4 is 16.4 Å². The van der Waals surface area contributed by atoms with E-state index in [2.05, 4.69) is 15.6 Å². The Balaban J connectivity index is 2.66. The van der Waals surface area contributed by atoms with Crippen LogP contribution in [0, 0.1) is 6.92 Å². The zero-order valence-electron chi connectivity index (χ0n) is 8.29. The normalized spacial score (nSPS) is 9.57. The molecule has 5 heteroatoms. The van der Waals surface area contributed by atoms with Crippen molar-refractivity contribution in [3.8, 4) is 0 Å². The highest BCUT2D eigenvalue weighted by Crippen LogP contribution is 2.14. The van der Waals surface area contributed by atoms with Crippen LogP contribution in [0.5, 0.6) is 0 Å². The lowest BCUT2D eigenvalue weighted by atomic mass is 10.3. The third-order valence-corrected chi connectivity index (χ3v) is 1.76. The minimum atomic E-state index is -0.104. The van der Waals surface area contributed by atoms with Crippen molar-refractivity contribution >= 4 is 17.4 Å². The Morgan fingerprint density at radius 3 is 2.93 bits per heavy atom. The molecule has 1 rings (SSSR count). The van der Waals surface area contributed by atoms with E-state index in [1.165, 1.54) is 0 Å². The molecule has 76 valence electrons. The lowest BCUT2D eigenvalue weighted by Crippen LogP contribution is -2.26. The number of carbonyl (C=O) groups is 1. The monoisotopic (exact) mass is 194 g/mol. The van der Waals surface area contributed by atoms with Crippen LogP contribution in [0.3, 0.4) is 0 Å². The topological polar surface area (TPSA) is 80.0 Å². The van der Waals surface area contributed by atoms with E-state index in [1.54, 1.807) is 13.1 Å². The largest absolute Gasteiger partial charge is 0.396 e. The van der Waals surface area contributed by atoms with Crippen molar-refractivity contribution < 1.29 is 4.79 Å². The fraction of sp³-hybridized carbons (Fsp3) is 0.333. The summed E-state index contributed by atoms with van der Waals surface area (Å²) in [6, 6.07) is 3.58. The van der Waals surface area contributed by atoms with E-state index in [1.807, 2.05) is 13.0 Å². The Morgan fingerprint density at radius 2 is 2.29 bits per heavy atom. The Morgan fingerprint density at radius 1 is 1.57 bits per heavy atom. The molecule has 14 heavy (non-hydrogen) atoms. The van der Waals surface area contributed by atoms with Gasteiger partial charge in [0.05, 0.1) is 12.2 Å². The van der Waals surface area contributed by atoms with Gasteiger partial charge in [-0.1, -0.05) is 0 Å². The summed E-state index contributed by atoms with van der Waals surface area (Å²) in [7, 11) is 1.58. The Bertz CT molecular complexity index is 338.